The van der Waals surface area contributed by atoms with E-state index in [2.05, 4.69) is 20.9 Å². The highest BCUT2D eigenvalue weighted by atomic mass is 79.9. The van der Waals surface area contributed by atoms with Crippen LogP contribution in [0.4, 0.5) is 5.82 Å². The van der Waals surface area contributed by atoms with Gasteiger partial charge in [0.05, 0.1) is 24.6 Å². The third kappa shape index (κ3) is 4.37. The SMILES string of the molecule is N=CN(C(=N)c1cccc(N)n1)C1CC(OCc2ccc(Br)cc2C(=O)O)C1. The number of ether oxygens (including phenoxy) is 1. The molecule has 1 heterocycles. The molecule has 1 fully saturated rings. The Bertz CT molecular complexity index is 914. The average Bonchev–Trinajstić information content (AvgIpc) is 2.63. The minimum atomic E-state index is -0.996. The first-order valence-corrected chi connectivity index (χ1v) is 9.42. The van der Waals surface area contributed by atoms with Crippen molar-refractivity contribution < 1.29 is 14.6 Å². The van der Waals surface area contributed by atoms with E-state index in [4.69, 9.17) is 21.3 Å². The van der Waals surface area contributed by atoms with Gasteiger partial charge in [0.15, 0.2) is 5.84 Å². The van der Waals surface area contributed by atoms with E-state index in [1.165, 1.54) is 0 Å². The lowest BCUT2D eigenvalue weighted by molar-refractivity contribution is -0.0356. The Morgan fingerprint density at radius 1 is 1.39 bits per heavy atom. The number of carbonyl (C=O) groups is 1. The maximum absolute atomic E-state index is 11.4. The molecule has 1 aliphatic carbocycles. The smallest absolute Gasteiger partial charge is 0.336 e. The van der Waals surface area contributed by atoms with E-state index >= 15 is 0 Å². The molecule has 3 rings (SSSR count). The molecule has 1 saturated carbocycles. The first kappa shape index (κ1) is 20.0. The van der Waals surface area contributed by atoms with Crippen LogP contribution in [0.3, 0.4) is 0 Å². The van der Waals surface area contributed by atoms with Crippen molar-refractivity contribution in [3.63, 3.8) is 0 Å². The van der Waals surface area contributed by atoms with Gasteiger partial charge in [0.1, 0.15) is 11.5 Å². The Kier molecular flexibility index (Phi) is 6.05. The number of halogens is 1. The van der Waals surface area contributed by atoms with Crippen LogP contribution >= 0.6 is 15.9 Å². The van der Waals surface area contributed by atoms with Gasteiger partial charge in [0, 0.05) is 10.5 Å². The molecular formula is C19H20BrN5O3. The second-order valence-corrected chi connectivity index (χ2v) is 7.41. The van der Waals surface area contributed by atoms with Crippen LogP contribution in [-0.4, -0.2) is 45.3 Å². The number of anilines is 1. The van der Waals surface area contributed by atoms with E-state index in [0.29, 0.717) is 34.4 Å². The third-order valence-corrected chi connectivity index (χ3v) is 5.14. The van der Waals surface area contributed by atoms with Gasteiger partial charge in [-0.2, -0.15) is 0 Å². The molecule has 0 saturated heterocycles. The third-order valence-electron chi connectivity index (χ3n) is 4.65. The number of aromatic nitrogens is 1. The number of hydrogen-bond donors (Lipinski definition) is 4. The molecular weight excluding hydrogens is 426 g/mol. The van der Waals surface area contributed by atoms with Gasteiger partial charge in [0.2, 0.25) is 0 Å². The fourth-order valence-electron chi connectivity index (χ4n) is 3.05. The van der Waals surface area contributed by atoms with Gasteiger partial charge in [-0.15, -0.1) is 0 Å². The van der Waals surface area contributed by atoms with Gasteiger partial charge in [-0.25, -0.2) is 9.78 Å². The standard InChI is InChI=1S/C19H20BrN5O3/c20-12-5-4-11(15(6-12)19(26)27)9-28-14-7-13(8-14)25(10-21)18(23)16-2-1-3-17(22)24-16/h1-6,10,13-14,21,23H,7-9H2,(H2,22,24)(H,26,27). The molecule has 1 aliphatic rings. The Morgan fingerprint density at radius 2 is 2.14 bits per heavy atom. The maximum atomic E-state index is 11.4. The van der Waals surface area contributed by atoms with Crippen molar-refractivity contribution >= 4 is 39.9 Å². The second kappa shape index (κ2) is 8.49. The van der Waals surface area contributed by atoms with Crippen molar-refractivity contribution in [3.05, 3.63) is 57.7 Å². The van der Waals surface area contributed by atoms with Crippen molar-refractivity contribution in [2.75, 3.05) is 5.73 Å². The van der Waals surface area contributed by atoms with Crippen molar-refractivity contribution in [3.8, 4) is 0 Å². The van der Waals surface area contributed by atoms with Gasteiger partial charge in [-0.1, -0.05) is 28.1 Å². The molecule has 1 aromatic carbocycles. The summed E-state index contributed by atoms with van der Waals surface area (Å²) in [5.41, 5.74) is 6.90. The summed E-state index contributed by atoms with van der Waals surface area (Å²) < 4.78 is 6.54. The number of nitrogens with two attached hydrogens (primary N) is 1. The molecule has 0 bridgehead atoms. The molecule has 0 unspecified atom stereocenters. The number of amidine groups is 1. The van der Waals surface area contributed by atoms with Crippen molar-refractivity contribution in [1.82, 2.24) is 9.88 Å². The van der Waals surface area contributed by atoms with Crippen LogP contribution in [0.1, 0.15) is 34.5 Å². The molecule has 28 heavy (non-hydrogen) atoms. The number of nitrogen functional groups attached to an aromatic ring is 1. The van der Waals surface area contributed by atoms with Crippen LogP contribution in [-0.2, 0) is 11.3 Å². The van der Waals surface area contributed by atoms with Crippen molar-refractivity contribution in [2.45, 2.75) is 31.6 Å². The van der Waals surface area contributed by atoms with Crippen molar-refractivity contribution in [2.24, 2.45) is 0 Å². The van der Waals surface area contributed by atoms with Gasteiger partial charge in [-0.3, -0.25) is 10.8 Å². The highest BCUT2D eigenvalue weighted by molar-refractivity contribution is 9.10. The highest BCUT2D eigenvalue weighted by Gasteiger charge is 2.35. The predicted molar refractivity (Wildman–Crippen MR) is 109 cm³/mol. The van der Waals surface area contributed by atoms with E-state index in [9.17, 15) is 9.90 Å². The first-order valence-electron chi connectivity index (χ1n) is 8.62. The number of carboxylic acids is 1. The number of carboxylic acid groups (broad SMARTS) is 1. The normalized spacial score (nSPS) is 18.2. The molecule has 9 heteroatoms. The average molecular weight is 446 g/mol. The summed E-state index contributed by atoms with van der Waals surface area (Å²) >= 11 is 3.27. The zero-order chi connectivity index (χ0) is 20.3. The van der Waals surface area contributed by atoms with E-state index in [0.717, 1.165) is 6.34 Å². The zero-order valence-corrected chi connectivity index (χ0v) is 16.5. The van der Waals surface area contributed by atoms with Gasteiger partial charge < -0.3 is 20.5 Å². The molecule has 1 aromatic heterocycles. The van der Waals surface area contributed by atoms with Gasteiger partial charge in [0.25, 0.3) is 0 Å². The number of hydrogen-bond acceptors (Lipinski definition) is 6. The summed E-state index contributed by atoms with van der Waals surface area (Å²) in [5.74, 6) is -0.554. The fourth-order valence-corrected chi connectivity index (χ4v) is 3.41. The lowest BCUT2D eigenvalue weighted by Crippen LogP contribution is -2.50. The summed E-state index contributed by atoms with van der Waals surface area (Å²) in [7, 11) is 0. The second-order valence-electron chi connectivity index (χ2n) is 6.50. The number of rotatable bonds is 7. The molecule has 2 aromatic rings. The van der Waals surface area contributed by atoms with Crippen LogP contribution in [0.2, 0.25) is 0 Å². The maximum Gasteiger partial charge on any atom is 0.336 e. The molecule has 0 radical (unpaired) electrons. The topological polar surface area (TPSA) is 136 Å². The van der Waals surface area contributed by atoms with Crippen LogP contribution in [0.15, 0.2) is 40.9 Å². The molecule has 0 atom stereocenters. The van der Waals surface area contributed by atoms with E-state index in [1.807, 2.05) is 0 Å². The minimum absolute atomic E-state index is 0.0397. The Morgan fingerprint density at radius 3 is 2.79 bits per heavy atom. The summed E-state index contributed by atoms with van der Waals surface area (Å²) in [4.78, 5) is 17.0. The molecule has 0 aliphatic heterocycles. The molecule has 0 spiro atoms. The number of nitrogens with one attached hydrogen (secondary N) is 2. The lowest BCUT2D eigenvalue weighted by atomic mass is 9.87. The number of pyridine rings is 1. The van der Waals surface area contributed by atoms with Crippen LogP contribution in [0, 0.1) is 10.8 Å². The number of nitrogens with zero attached hydrogens (tertiary/aromatic N) is 2. The molecule has 146 valence electrons. The molecule has 5 N–H and O–H groups in total. The predicted octanol–water partition coefficient (Wildman–Crippen LogP) is 3.11. The monoisotopic (exact) mass is 445 g/mol. The molecule has 0 amide bonds. The van der Waals surface area contributed by atoms with Crippen LogP contribution < -0.4 is 5.73 Å². The highest BCUT2D eigenvalue weighted by Crippen LogP contribution is 2.30. The number of benzene rings is 1. The zero-order valence-electron chi connectivity index (χ0n) is 14.9. The summed E-state index contributed by atoms with van der Waals surface area (Å²) in [6.07, 6.45) is 2.34. The Balaban J connectivity index is 1.57. The van der Waals surface area contributed by atoms with Crippen LogP contribution in [0.5, 0.6) is 0 Å². The minimum Gasteiger partial charge on any atom is -0.478 e. The first-order chi connectivity index (χ1) is 13.4. The van der Waals surface area contributed by atoms with E-state index in [-0.39, 0.29) is 30.2 Å². The largest absolute Gasteiger partial charge is 0.478 e. The summed E-state index contributed by atoms with van der Waals surface area (Å²) in [6.45, 7) is 0.200. The van der Waals surface area contributed by atoms with Crippen LogP contribution in [0.25, 0.3) is 0 Å². The molecule has 8 nitrogen and oxygen atoms in total. The number of aromatic carboxylic acids is 1. The Labute approximate surface area is 170 Å². The Hall–Kier alpha value is -2.78. The van der Waals surface area contributed by atoms with Crippen molar-refractivity contribution in [1.29, 1.82) is 10.8 Å². The summed E-state index contributed by atoms with van der Waals surface area (Å²) in [5, 5.41) is 25.3. The quantitative estimate of drug-likeness (QED) is 0.381. The van der Waals surface area contributed by atoms with Gasteiger partial charge in [-0.05, 0) is 42.7 Å². The lowest BCUT2D eigenvalue weighted by Gasteiger charge is -2.41. The van der Waals surface area contributed by atoms with E-state index < -0.39 is 5.97 Å². The van der Waals surface area contributed by atoms with Gasteiger partial charge >= 0.3 is 5.97 Å². The summed E-state index contributed by atoms with van der Waals surface area (Å²) in [6, 6.07) is 10.1. The fraction of sp³-hybridized carbons (Fsp3) is 0.263. The van der Waals surface area contributed by atoms with E-state index in [1.54, 1.807) is 41.3 Å².